The molecule has 0 spiro atoms. The SMILES string of the molecule is CO[Si](OC)(OC)C1CC[N+]1(CCN1CC1=O)C(C)=O. The Bertz CT molecular complexity index is 406. The van der Waals surface area contributed by atoms with E-state index < -0.39 is 8.80 Å². The minimum atomic E-state index is -2.85. The predicted molar refractivity (Wildman–Crippen MR) is 72.4 cm³/mol. The second-order valence-corrected chi connectivity index (χ2v) is 8.43. The Morgan fingerprint density at radius 1 is 1.35 bits per heavy atom. The van der Waals surface area contributed by atoms with Crippen LogP contribution in [-0.2, 0) is 22.9 Å². The Hall–Kier alpha value is -0.803. The summed E-state index contributed by atoms with van der Waals surface area (Å²) in [5.41, 5.74) is -0.0740. The van der Waals surface area contributed by atoms with Crippen LogP contribution in [-0.4, -0.2) is 83.2 Å². The average molecular weight is 303 g/mol. The minimum Gasteiger partial charge on any atom is -0.373 e. The van der Waals surface area contributed by atoms with Gasteiger partial charge < -0.3 is 18.2 Å². The molecule has 114 valence electrons. The number of carbonyl (C=O) groups is 2. The maximum absolute atomic E-state index is 12.2. The van der Waals surface area contributed by atoms with Gasteiger partial charge in [-0.05, 0) is 0 Å². The number of hydrogen-bond acceptors (Lipinski definition) is 5. The fraction of sp³-hybridized carbons (Fsp3) is 0.833. The van der Waals surface area contributed by atoms with Crippen molar-refractivity contribution in [1.29, 1.82) is 0 Å². The van der Waals surface area contributed by atoms with E-state index in [0.29, 0.717) is 24.1 Å². The van der Waals surface area contributed by atoms with Gasteiger partial charge in [-0.1, -0.05) is 0 Å². The van der Waals surface area contributed by atoms with Crippen LogP contribution in [0.25, 0.3) is 0 Å². The van der Waals surface area contributed by atoms with Gasteiger partial charge in [0.25, 0.3) is 0 Å². The van der Waals surface area contributed by atoms with Crippen molar-refractivity contribution < 1.29 is 27.4 Å². The molecular weight excluding hydrogens is 280 g/mol. The van der Waals surface area contributed by atoms with Crippen molar-refractivity contribution in [2.45, 2.75) is 19.0 Å². The summed E-state index contributed by atoms with van der Waals surface area (Å²) in [6, 6.07) is 0. The largest absolute Gasteiger partial charge is 0.562 e. The zero-order valence-electron chi connectivity index (χ0n) is 12.5. The number of amides is 2. The lowest BCUT2D eigenvalue weighted by Crippen LogP contribution is -2.79. The highest BCUT2D eigenvalue weighted by Crippen LogP contribution is 2.36. The van der Waals surface area contributed by atoms with Gasteiger partial charge in [0.15, 0.2) is 5.67 Å². The first-order chi connectivity index (χ1) is 9.45. The lowest BCUT2D eigenvalue weighted by Gasteiger charge is -2.52. The van der Waals surface area contributed by atoms with E-state index in [4.69, 9.17) is 13.3 Å². The molecule has 2 aliphatic rings. The van der Waals surface area contributed by atoms with Crippen molar-refractivity contribution in [3.05, 3.63) is 0 Å². The van der Waals surface area contributed by atoms with E-state index in [0.717, 1.165) is 13.0 Å². The molecule has 0 N–H and O–H groups in total. The van der Waals surface area contributed by atoms with Gasteiger partial charge in [0.05, 0.1) is 26.4 Å². The Balaban J connectivity index is 2.15. The molecule has 2 saturated heterocycles. The van der Waals surface area contributed by atoms with Gasteiger partial charge in [-0.2, -0.15) is 0 Å². The Labute approximate surface area is 120 Å². The fourth-order valence-corrected chi connectivity index (χ4v) is 5.98. The third-order valence-electron chi connectivity index (χ3n) is 4.63. The standard InChI is InChI=1S/C12H23N2O5Si/c1-10(15)14(8-6-13-9-11(13)16)7-5-12(14)20(17-2,18-3)19-4/h12H,5-9H2,1-4H3/q+1. The number of hydrogen-bond donors (Lipinski definition) is 0. The summed E-state index contributed by atoms with van der Waals surface area (Å²) in [6.07, 6.45) is 0.843. The maximum atomic E-state index is 12.2. The topological polar surface area (TPSA) is 64.8 Å². The first kappa shape index (κ1) is 15.6. The number of quaternary nitrogens is 1. The first-order valence-electron chi connectivity index (χ1n) is 6.77. The molecule has 0 radical (unpaired) electrons. The molecule has 0 aromatic carbocycles. The molecule has 8 heteroatoms. The zero-order chi connectivity index (χ0) is 15.0. The van der Waals surface area contributed by atoms with Gasteiger partial charge in [-0.3, -0.25) is 9.28 Å². The average Bonchev–Trinajstić information content (AvgIpc) is 3.11. The molecule has 2 aliphatic heterocycles. The molecule has 20 heavy (non-hydrogen) atoms. The van der Waals surface area contributed by atoms with E-state index in [1.54, 1.807) is 33.2 Å². The van der Waals surface area contributed by atoms with Crippen molar-refractivity contribution in [2.24, 2.45) is 0 Å². The van der Waals surface area contributed by atoms with Crippen LogP contribution in [0.1, 0.15) is 13.3 Å². The van der Waals surface area contributed by atoms with Crippen LogP contribution in [0.15, 0.2) is 0 Å². The number of rotatable bonds is 7. The summed E-state index contributed by atoms with van der Waals surface area (Å²) in [5.74, 6) is 0.232. The Morgan fingerprint density at radius 2 is 1.90 bits per heavy atom. The minimum absolute atomic E-state index is 0.0740. The third kappa shape index (κ3) is 2.31. The summed E-state index contributed by atoms with van der Waals surface area (Å²) in [6.45, 7) is 4.07. The van der Waals surface area contributed by atoms with E-state index >= 15 is 0 Å². The van der Waals surface area contributed by atoms with Crippen molar-refractivity contribution in [2.75, 3.05) is 47.5 Å². The van der Waals surface area contributed by atoms with Crippen LogP contribution in [0.5, 0.6) is 0 Å². The highest BCUT2D eigenvalue weighted by Gasteiger charge is 2.66. The third-order valence-corrected chi connectivity index (χ3v) is 7.94. The van der Waals surface area contributed by atoms with Gasteiger partial charge in [0.1, 0.15) is 13.1 Å². The quantitative estimate of drug-likeness (QED) is 0.356. The van der Waals surface area contributed by atoms with E-state index in [2.05, 4.69) is 0 Å². The summed E-state index contributed by atoms with van der Waals surface area (Å²) in [5, 5.41) is 0. The molecule has 2 amide bonds. The molecule has 0 aliphatic carbocycles. The van der Waals surface area contributed by atoms with E-state index in [9.17, 15) is 9.59 Å². The fourth-order valence-electron chi connectivity index (χ4n) is 3.14. The maximum Gasteiger partial charge on any atom is 0.562 e. The van der Waals surface area contributed by atoms with E-state index in [-0.39, 0.29) is 17.5 Å². The lowest BCUT2D eigenvalue weighted by atomic mass is 10.1. The van der Waals surface area contributed by atoms with Crippen LogP contribution in [0.3, 0.4) is 0 Å². The number of carbonyl (C=O) groups excluding carboxylic acids is 2. The number of likely N-dealkylation sites (tertiary alicyclic amines) is 1. The molecule has 2 atom stereocenters. The number of nitrogens with zero attached hydrogens (tertiary/aromatic N) is 2. The summed E-state index contributed by atoms with van der Waals surface area (Å²) in [4.78, 5) is 25.0. The van der Waals surface area contributed by atoms with Gasteiger partial charge in [-0.25, -0.2) is 4.79 Å². The molecule has 2 rings (SSSR count). The van der Waals surface area contributed by atoms with Crippen molar-refractivity contribution >= 4 is 20.6 Å². The molecule has 0 saturated carbocycles. The highest BCUT2D eigenvalue weighted by atomic mass is 28.4. The lowest BCUT2D eigenvalue weighted by molar-refractivity contribution is -0.909. The molecular formula is C12H23N2O5Si+. The van der Waals surface area contributed by atoms with Crippen LogP contribution < -0.4 is 0 Å². The second kappa shape index (κ2) is 5.53. The van der Waals surface area contributed by atoms with E-state index in [1.807, 2.05) is 0 Å². The van der Waals surface area contributed by atoms with Gasteiger partial charge in [0.2, 0.25) is 5.91 Å². The second-order valence-electron chi connectivity index (χ2n) is 5.34. The highest BCUT2D eigenvalue weighted by molar-refractivity contribution is 6.62. The molecule has 7 nitrogen and oxygen atoms in total. The zero-order valence-corrected chi connectivity index (χ0v) is 13.5. The van der Waals surface area contributed by atoms with Crippen LogP contribution in [0.2, 0.25) is 0 Å². The normalized spacial score (nSPS) is 29.3. The predicted octanol–water partition coefficient (Wildman–Crippen LogP) is -0.618. The summed E-state index contributed by atoms with van der Waals surface area (Å²) < 4.78 is 16.9. The van der Waals surface area contributed by atoms with Crippen LogP contribution in [0.4, 0.5) is 0 Å². The van der Waals surface area contributed by atoms with Crippen molar-refractivity contribution in [1.82, 2.24) is 4.90 Å². The molecule has 0 bridgehead atoms. The first-order valence-corrected chi connectivity index (χ1v) is 8.57. The van der Waals surface area contributed by atoms with Crippen molar-refractivity contribution in [3.8, 4) is 0 Å². The van der Waals surface area contributed by atoms with Gasteiger partial charge in [-0.15, -0.1) is 0 Å². The molecule has 0 aromatic rings. The smallest absolute Gasteiger partial charge is 0.373 e. The van der Waals surface area contributed by atoms with Crippen molar-refractivity contribution in [3.63, 3.8) is 0 Å². The van der Waals surface area contributed by atoms with Crippen LogP contribution in [0, 0.1) is 0 Å². The molecule has 2 heterocycles. The van der Waals surface area contributed by atoms with Crippen LogP contribution >= 0.6 is 0 Å². The Kier molecular flexibility index (Phi) is 4.31. The van der Waals surface area contributed by atoms with E-state index in [1.165, 1.54) is 0 Å². The molecule has 0 aromatic heterocycles. The monoisotopic (exact) mass is 303 g/mol. The summed E-state index contributed by atoms with van der Waals surface area (Å²) in [7, 11) is 1.86. The van der Waals surface area contributed by atoms with Gasteiger partial charge in [0, 0.05) is 21.3 Å². The van der Waals surface area contributed by atoms with Gasteiger partial charge >= 0.3 is 14.7 Å². The molecule has 2 unspecified atom stereocenters. The molecule has 2 fully saturated rings. The summed E-state index contributed by atoms with van der Waals surface area (Å²) >= 11 is 0. The Morgan fingerprint density at radius 3 is 2.20 bits per heavy atom.